The van der Waals surface area contributed by atoms with Gasteiger partial charge in [-0.25, -0.2) is 4.98 Å². The van der Waals surface area contributed by atoms with Crippen LogP contribution < -0.4 is 0 Å². The normalized spacial score (nSPS) is 11.2. The average molecular weight is 307 g/mol. The van der Waals surface area contributed by atoms with Gasteiger partial charge < -0.3 is 4.57 Å². The Labute approximate surface area is 112 Å². The van der Waals surface area contributed by atoms with Gasteiger partial charge >= 0.3 is 0 Å². The molecule has 2 heterocycles. The fraction of sp³-hybridized carbons (Fsp3) is 0.154. The maximum Gasteiger partial charge on any atom is 0.126 e. The van der Waals surface area contributed by atoms with Crippen molar-refractivity contribution in [2.75, 3.05) is 0 Å². The van der Waals surface area contributed by atoms with Crippen LogP contribution in [0.3, 0.4) is 0 Å². The molecule has 0 saturated carbocycles. The number of halogens is 1. The molecule has 17 heavy (non-hydrogen) atoms. The number of benzene rings is 1. The van der Waals surface area contributed by atoms with E-state index in [0.29, 0.717) is 0 Å². The molecular weight excluding hydrogens is 296 g/mol. The average Bonchev–Trinajstić information content (AvgIpc) is 2.82. The van der Waals surface area contributed by atoms with Crippen LogP contribution in [-0.4, -0.2) is 9.55 Å². The molecule has 0 unspecified atom stereocenters. The Balaban J connectivity index is 2.30. The number of hydrogen-bond donors (Lipinski definition) is 0. The van der Waals surface area contributed by atoms with Gasteiger partial charge in [0.1, 0.15) is 5.01 Å². The highest BCUT2D eigenvalue weighted by Crippen LogP contribution is 2.36. The molecule has 2 aromatic heterocycles. The van der Waals surface area contributed by atoms with Gasteiger partial charge in [0.05, 0.1) is 9.48 Å². The van der Waals surface area contributed by atoms with E-state index in [-0.39, 0.29) is 0 Å². The van der Waals surface area contributed by atoms with Crippen molar-refractivity contribution in [2.24, 2.45) is 7.05 Å². The first-order chi connectivity index (χ1) is 8.16. The van der Waals surface area contributed by atoms with Crippen LogP contribution in [0, 0.1) is 6.92 Å². The molecule has 0 radical (unpaired) electrons. The minimum atomic E-state index is 1.05. The zero-order valence-corrected chi connectivity index (χ0v) is 12.0. The number of thiazole rings is 1. The van der Waals surface area contributed by atoms with Crippen LogP contribution in [0.25, 0.3) is 21.5 Å². The lowest BCUT2D eigenvalue weighted by Gasteiger charge is -1.93. The summed E-state index contributed by atoms with van der Waals surface area (Å²) in [6, 6.07) is 8.42. The van der Waals surface area contributed by atoms with Crippen molar-refractivity contribution in [3.8, 4) is 10.6 Å². The zero-order valence-electron chi connectivity index (χ0n) is 9.57. The number of fused-ring (bicyclic) bond motifs is 1. The van der Waals surface area contributed by atoms with E-state index in [1.54, 1.807) is 11.3 Å². The Kier molecular flexibility index (Phi) is 2.56. The molecule has 3 aromatic rings. The van der Waals surface area contributed by atoms with Crippen molar-refractivity contribution in [3.63, 3.8) is 0 Å². The Hall–Kier alpha value is -1.13. The first kappa shape index (κ1) is 11.0. The number of aryl methyl sites for hydroxylation is 2. The van der Waals surface area contributed by atoms with Gasteiger partial charge in [-0.05, 0) is 28.9 Å². The molecule has 0 atom stereocenters. The fourth-order valence-electron chi connectivity index (χ4n) is 2.01. The molecule has 0 saturated heterocycles. The molecule has 0 N–H and O–H groups in total. The van der Waals surface area contributed by atoms with E-state index in [1.165, 1.54) is 16.5 Å². The Bertz CT molecular complexity index is 677. The minimum absolute atomic E-state index is 1.05. The third kappa shape index (κ3) is 1.72. The summed E-state index contributed by atoms with van der Waals surface area (Å²) in [6.07, 6.45) is 2.15. The van der Waals surface area contributed by atoms with Gasteiger partial charge in [0.25, 0.3) is 0 Å². The first-order valence-corrected chi connectivity index (χ1v) is 6.95. The number of hydrogen-bond acceptors (Lipinski definition) is 2. The van der Waals surface area contributed by atoms with Crippen LogP contribution >= 0.6 is 27.3 Å². The molecule has 0 amide bonds. The van der Waals surface area contributed by atoms with Gasteiger partial charge in [-0.15, -0.1) is 11.3 Å². The van der Waals surface area contributed by atoms with E-state index in [2.05, 4.69) is 63.0 Å². The number of rotatable bonds is 1. The van der Waals surface area contributed by atoms with Gasteiger partial charge in [0, 0.05) is 29.7 Å². The number of aromatic nitrogens is 2. The predicted octanol–water partition coefficient (Wildman–Crippen LogP) is 4.37. The topological polar surface area (TPSA) is 17.8 Å². The highest BCUT2D eigenvalue weighted by Gasteiger charge is 2.12. The van der Waals surface area contributed by atoms with Crippen LogP contribution in [0.1, 0.15) is 5.69 Å². The Morgan fingerprint density at radius 2 is 2.06 bits per heavy atom. The molecule has 0 fully saturated rings. The molecular formula is C13H11BrN2S. The lowest BCUT2D eigenvalue weighted by Crippen LogP contribution is -1.81. The van der Waals surface area contributed by atoms with E-state index in [9.17, 15) is 0 Å². The lowest BCUT2D eigenvalue weighted by molar-refractivity contribution is 0.970. The summed E-state index contributed by atoms with van der Waals surface area (Å²) in [5.74, 6) is 0. The summed E-state index contributed by atoms with van der Waals surface area (Å²) >= 11 is 5.22. The quantitative estimate of drug-likeness (QED) is 0.652. The maximum atomic E-state index is 4.60. The molecule has 4 heteroatoms. The van der Waals surface area contributed by atoms with Crippen molar-refractivity contribution >= 4 is 38.2 Å². The summed E-state index contributed by atoms with van der Waals surface area (Å²) in [4.78, 5) is 4.60. The second-order valence-corrected chi connectivity index (χ2v) is 6.37. The van der Waals surface area contributed by atoms with Crippen LogP contribution in [0.4, 0.5) is 0 Å². The molecule has 0 bridgehead atoms. The standard InChI is InChI=1S/C13H11BrN2S/c1-8-12(14)17-13(15-8)10-7-16(2)11-6-4-3-5-9(10)11/h3-7H,1-2H3. The van der Waals surface area contributed by atoms with Gasteiger partial charge in [-0.2, -0.15) is 0 Å². The fourth-order valence-corrected chi connectivity index (χ4v) is 3.37. The third-order valence-corrected chi connectivity index (χ3v) is 4.91. The first-order valence-electron chi connectivity index (χ1n) is 5.34. The molecule has 0 spiro atoms. The monoisotopic (exact) mass is 306 g/mol. The maximum absolute atomic E-state index is 4.60. The van der Waals surface area contributed by atoms with Crippen LogP contribution in [0.15, 0.2) is 34.2 Å². The smallest absolute Gasteiger partial charge is 0.126 e. The van der Waals surface area contributed by atoms with Crippen molar-refractivity contribution in [2.45, 2.75) is 6.92 Å². The SMILES string of the molecule is Cc1nc(-c2cn(C)c3ccccc23)sc1Br. The van der Waals surface area contributed by atoms with Crippen LogP contribution in [-0.2, 0) is 7.05 Å². The Morgan fingerprint density at radius 3 is 2.76 bits per heavy atom. The van der Waals surface area contributed by atoms with Crippen LogP contribution in [0.2, 0.25) is 0 Å². The number of para-hydroxylation sites is 1. The molecule has 2 nitrogen and oxygen atoms in total. The second-order valence-electron chi connectivity index (χ2n) is 4.05. The molecule has 3 rings (SSSR count). The van der Waals surface area contributed by atoms with Gasteiger partial charge in [0.2, 0.25) is 0 Å². The van der Waals surface area contributed by atoms with E-state index in [4.69, 9.17) is 0 Å². The zero-order chi connectivity index (χ0) is 12.0. The van der Waals surface area contributed by atoms with E-state index >= 15 is 0 Å². The van der Waals surface area contributed by atoms with Gasteiger partial charge in [0.15, 0.2) is 0 Å². The summed E-state index contributed by atoms with van der Waals surface area (Å²) in [5, 5.41) is 2.34. The molecule has 86 valence electrons. The van der Waals surface area contributed by atoms with Crippen molar-refractivity contribution in [1.29, 1.82) is 0 Å². The lowest BCUT2D eigenvalue weighted by atomic mass is 10.2. The molecule has 0 aliphatic rings. The van der Waals surface area contributed by atoms with E-state index in [0.717, 1.165) is 14.5 Å². The number of nitrogens with zero attached hydrogens (tertiary/aromatic N) is 2. The summed E-state index contributed by atoms with van der Waals surface area (Å²) in [5.41, 5.74) is 3.51. The Morgan fingerprint density at radius 1 is 1.29 bits per heavy atom. The highest BCUT2D eigenvalue weighted by atomic mass is 79.9. The molecule has 0 aliphatic heterocycles. The third-order valence-electron chi connectivity index (χ3n) is 2.87. The molecule has 1 aromatic carbocycles. The summed E-state index contributed by atoms with van der Waals surface area (Å²) in [7, 11) is 2.07. The van der Waals surface area contributed by atoms with Crippen LogP contribution in [0.5, 0.6) is 0 Å². The van der Waals surface area contributed by atoms with Gasteiger partial charge in [-0.3, -0.25) is 0 Å². The second kappa shape index (κ2) is 3.96. The molecule has 0 aliphatic carbocycles. The van der Waals surface area contributed by atoms with E-state index in [1.807, 2.05) is 6.92 Å². The largest absolute Gasteiger partial charge is 0.350 e. The van der Waals surface area contributed by atoms with Gasteiger partial charge in [-0.1, -0.05) is 18.2 Å². The minimum Gasteiger partial charge on any atom is -0.350 e. The predicted molar refractivity (Wildman–Crippen MR) is 76.5 cm³/mol. The summed E-state index contributed by atoms with van der Waals surface area (Å²) in [6.45, 7) is 2.02. The highest BCUT2D eigenvalue weighted by molar-refractivity contribution is 9.11. The van der Waals surface area contributed by atoms with Crippen molar-refractivity contribution in [3.05, 3.63) is 39.9 Å². The van der Waals surface area contributed by atoms with Crippen molar-refractivity contribution in [1.82, 2.24) is 9.55 Å². The van der Waals surface area contributed by atoms with Crippen molar-refractivity contribution < 1.29 is 0 Å². The summed E-state index contributed by atoms with van der Waals surface area (Å²) < 4.78 is 3.26. The van der Waals surface area contributed by atoms with E-state index < -0.39 is 0 Å².